The summed E-state index contributed by atoms with van der Waals surface area (Å²) >= 11 is 12.1. The number of benzene rings is 2. The van der Waals surface area contributed by atoms with Crippen LogP contribution in [0.15, 0.2) is 42.5 Å². The molecule has 150 valence electrons. The Labute approximate surface area is 176 Å². The van der Waals surface area contributed by atoms with Crippen LogP contribution in [-0.2, 0) is 22.6 Å². The first kappa shape index (κ1) is 22.3. The summed E-state index contributed by atoms with van der Waals surface area (Å²) in [6, 6.07) is 12.4. The lowest BCUT2D eigenvalue weighted by molar-refractivity contribution is -0.140. The number of aryl methyl sites for hydroxylation is 1. The van der Waals surface area contributed by atoms with Gasteiger partial charge < -0.3 is 10.2 Å². The molecule has 2 amide bonds. The van der Waals surface area contributed by atoms with E-state index in [1.807, 2.05) is 51.1 Å². The van der Waals surface area contributed by atoms with Gasteiger partial charge in [0.1, 0.15) is 6.04 Å². The van der Waals surface area contributed by atoms with E-state index in [1.54, 1.807) is 24.0 Å². The van der Waals surface area contributed by atoms with Gasteiger partial charge in [-0.1, -0.05) is 53.5 Å². The van der Waals surface area contributed by atoms with Gasteiger partial charge >= 0.3 is 0 Å². The van der Waals surface area contributed by atoms with Gasteiger partial charge in [0.05, 0.1) is 16.5 Å². The molecule has 0 fully saturated rings. The molecular weight excluding hydrogens is 395 g/mol. The molecule has 1 N–H and O–H groups in total. The van der Waals surface area contributed by atoms with Crippen molar-refractivity contribution in [2.75, 3.05) is 0 Å². The van der Waals surface area contributed by atoms with Gasteiger partial charge in [-0.2, -0.15) is 0 Å². The molecule has 6 heteroatoms. The smallest absolute Gasteiger partial charge is 0.242 e. The maximum atomic E-state index is 13.1. The van der Waals surface area contributed by atoms with E-state index >= 15 is 0 Å². The molecule has 0 saturated carbocycles. The number of hydrogen-bond acceptors (Lipinski definition) is 2. The van der Waals surface area contributed by atoms with Crippen molar-refractivity contribution in [1.82, 2.24) is 10.2 Å². The number of rotatable bonds is 7. The Morgan fingerprint density at radius 3 is 2.32 bits per heavy atom. The Hall–Kier alpha value is -2.04. The van der Waals surface area contributed by atoms with E-state index in [-0.39, 0.29) is 30.8 Å². The zero-order chi connectivity index (χ0) is 20.8. The number of carbonyl (C=O) groups is 2. The van der Waals surface area contributed by atoms with Crippen LogP contribution in [-0.4, -0.2) is 28.8 Å². The van der Waals surface area contributed by atoms with Gasteiger partial charge in [0.25, 0.3) is 0 Å². The van der Waals surface area contributed by atoms with Crippen molar-refractivity contribution in [3.63, 3.8) is 0 Å². The van der Waals surface area contributed by atoms with Crippen molar-refractivity contribution < 1.29 is 9.59 Å². The molecule has 2 rings (SSSR count). The number of nitrogens with zero attached hydrogens (tertiary/aromatic N) is 1. The fourth-order valence-electron chi connectivity index (χ4n) is 2.90. The Kier molecular flexibility index (Phi) is 7.90. The minimum Gasteiger partial charge on any atom is -0.352 e. The lowest BCUT2D eigenvalue weighted by Crippen LogP contribution is -2.49. The summed E-state index contributed by atoms with van der Waals surface area (Å²) in [6.07, 6.45) is 0.229. The Morgan fingerprint density at radius 2 is 1.71 bits per heavy atom. The van der Waals surface area contributed by atoms with Gasteiger partial charge in [0.2, 0.25) is 11.8 Å². The standard InChI is InChI=1S/C22H26Cl2N2O2/c1-14(2)25-22(28)16(4)26(13-17-9-10-19(23)20(24)11-17)21(27)12-18-8-6-5-7-15(18)3/h5-11,14,16H,12-13H2,1-4H3,(H,25,28)/t16-/m1/s1. The van der Waals surface area contributed by atoms with Gasteiger partial charge in [-0.05, 0) is 56.5 Å². The van der Waals surface area contributed by atoms with Crippen LogP contribution in [0, 0.1) is 6.92 Å². The van der Waals surface area contributed by atoms with Crippen molar-refractivity contribution >= 4 is 35.0 Å². The molecule has 0 aliphatic rings. The van der Waals surface area contributed by atoms with Crippen LogP contribution in [0.25, 0.3) is 0 Å². The molecule has 0 spiro atoms. The van der Waals surface area contributed by atoms with E-state index in [9.17, 15) is 9.59 Å². The first-order valence-corrected chi connectivity index (χ1v) is 10.0. The van der Waals surface area contributed by atoms with E-state index in [1.165, 1.54) is 0 Å². The summed E-state index contributed by atoms with van der Waals surface area (Å²) in [5.74, 6) is -0.306. The quantitative estimate of drug-likeness (QED) is 0.699. The molecule has 28 heavy (non-hydrogen) atoms. The summed E-state index contributed by atoms with van der Waals surface area (Å²) in [4.78, 5) is 27.3. The number of hydrogen-bond donors (Lipinski definition) is 1. The third kappa shape index (κ3) is 5.98. The second-order valence-corrected chi connectivity index (χ2v) is 8.03. The summed E-state index contributed by atoms with van der Waals surface area (Å²) in [5, 5.41) is 3.75. The molecule has 0 aliphatic carbocycles. The maximum Gasteiger partial charge on any atom is 0.242 e. The predicted octanol–water partition coefficient (Wildman–Crippen LogP) is 4.79. The minimum absolute atomic E-state index is 0.00625. The van der Waals surface area contributed by atoms with E-state index in [2.05, 4.69) is 5.32 Å². The van der Waals surface area contributed by atoms with Crippen molar-refractivity contribution in [1.29, 1.82) is 0 Å². The van der Waals surface area contributed by atoms with Gasteiger partial charge in [-0.15, -0.1) is 0 Å². The SMILES string of the molecule is Cc1ccccc1CC(=O)N(Cc1ccc(Cl)c(Cl)c1)[C@H](C)C(=O)NC(C)C. The van der Waals surface area contributed by atoms with Crippen LogP contribution >= 0.6 is 23.2 Å². The molecule has 2 aromatic rings. The average molecular weight is 421 g/mol. The van der Waals surface area contributed by atoms with Crippen molar-refractivity contribution in [3.05, 3.63) is 69.2 Å². The van der Waals surface area contributed by atoms with Crippen LogP contribution in [0.1, 0.15) is 37.5 Å². The molecular formula is C22H26Cl2N2O2. The molecule has 4 nitrogen and oxygen atoms in total. The topological polar surface area (TPSA) is 49.4 Å². The number of nitrogens with one attached hydrogen (secondary N) is 1. The third-order valence-corrected chi connectivity index (χ3v) is 5.28. The molecule has 0 unspecified atom stereocenters. The number of amides is 2. The Bertz CT molecular complexity index is 852. The summed E-state index contributed by atoms with van der Waals surface area (Å²) < 4.78 is 0. The van der Waals surface area contributed by atoms with Gasteiger partial charge in [0.15, 0.2) is 0 Å². The highest BCUT2D eigenvalue weighted by Crippen LogP contribution is 2.24. The van der Waals surface area contributed by atoms with E-state index in [4.69, 9.17) is 23.2 Å². The molecule has 0 aromatic heterocycles. The number of carbonyl (C=O) groups excluding carboxylic acids is 2. The second-order valence-electron chi connectivity index (χ2n) is 7.21. The summed E-state index contributed by atoms with van der Waals surface area (Å²) in [5.41, 5.74) is 2.81. The van der Waals surface area contributed by atoms with Crippen LogP contribution in [0.2, 0.25) is 10.0 Å². The van der Waals surface area contributed by atoms with Crippen molar-refractivity contribution in [2.45, 2.75) is 52.7 Å². The zero-order valence-electron chi connectivity index (χ0n) is 16.6. The molecule has 2 aromatic carbocycles. The third-order valence-electron chi connectivity index (χ3n) is 4.54. The second kappa shape index (κ2) is 9.94. The van der Waals surface area contributed by atoms with E-state index < -0.39 is 6.04 Å². The highest BCUT2D eigenvalue weighted by molar-refractivity contribution is 6.42. The Morgan fingerprint density at radius 1 is 1.04 bits per heavy atom. The first-order valence-electron chi connectivity index (χ1n) is 9.27. The van der Waals surface area contributed by atoms with E-state index in [0.29, 0.717) is 10.0 Å². The molecule has 0 saturated heterocycles. The van der Waals surface area contributed by atoms with Crippen LogP contribution < -0.4 is 5.32 Å². The lowest BCUT2D eigenvalue weighted by atomic mass is 10.0. The van der Waals surface area contributed by atoms with E-state index in [0.717, 1.165) is 16.7 Å². The summed E-state index contributed by atoms with van der Waals surface area (Å²) in [7, 11) is 0. The summed E-state index contributed by atoms with van der Waals surface area (Å²) in [6.45, 7) is 7.77. The largest absolute Gasteiger partial charge is 0.352 e. The maximum absolute atomic E-state index is 13.1. The zero-order valence-corrected chi connectivity index (χ0v) is 18.1. The lowest BCUT2D eigenvalue weighted by Gasteiger charge is -2.29. The fraction of sp³-hybridized carbons (Fsp3) is 0.364. The molecule has 0 bridgehead atoms. The van der Waals surface area contributed by atoms with Crippen molar-refractivity contribution in [3.8, 4) is 0 Å². The monoisotopic (exact) mass is 420 g/mol. The molecule has 1 atom stereocenters. The van der Waals surface area contributed by atoms with Crippen LogP contribution in [0.5, 0.6) is 0 Å². The highest BCUT2D eigenvalue weighted by atomic mass is 35.5. The van der Waals surface area contributed by atoms with Gasteiger partial charge in [-0.25, -0.2) is 0 Å². The minimum atomic E-state index is -0.617. The van der Waals surface area contributed by atoms with Crippen LogP contribution in [0.4, 0.5) is 0 Å². The highest BCUT2D eigenvalue weighted by Gasteiger charge is 2.27. The molecule has 0 heterocycles. The average Bonchev–Trinajstić information content (AvgIpc) is 2.63. The Balaban J connectivity index is 2.28. The van der Waals surface area contributed by atoms with Crippen LogP contribution in [0.3, 0.4) is 0 Å². The fourth-order valence-corrected chi connectivity index (χ4v) is 3.22. The molecule has 0 aliphatic heterocycles. The first-order chi connectivity index (χ1) is 13.2. The molecule has 0 radical (unpaired) electrons. The van der Waals surface area contributed by atoms with Gasteiger partial charge in [0, 0.05) is 12.6 Å². The predicted molar refractivity (Wildman–Crippen MR) is 115 cm³/mol. The normalized spacial score (nSPS) is 12.0. The van der Waals surface area contributed by atoms with Gasteiger partial charge in [-0.3, -0.25) is 9.59 Å². The van der Waals surface area contributed by atoms with Crippen molar-refractivity contribution in [2.24, 2.45) is 0 Å². The number of halogens is 2.